The Balaban J connectivity index is 2.14. The number of methoxy groups -OCH3 is 1. The van der Waals surface area contributed by atoms with Gasteiger partial charge in [0.25, 0.3) is 0 Å². The molecule has 0 radical (unpaired) electrons. The van der Waals surface area contributed by atoms with Gasteiger partial charge in [0.2, 0.25) is 0 Å². The molecule has 1 heterocycles. The molecule has 2 aromatic rings. The van der Waals surface area contributed by atoms with E-state index < -0.39 is 0 Å². The molecule has 17 heavy (non-hydrogen) atoms. The molecule has 0 amide bonds. The molecule has 4 nitrogen and oxygen atoms in total. The SMILES string of the molecule is COc1cccc(C(=O)/C=C/c2csnn2)c1. The molecule has 1 aromatic carbocycles. The van der Waals surface area contributed by atoms with Gasteiger partial charge < -0.3 is 4.74 Å². The normalized spacial score (nSPS) is 10.6. The van der Waals surface area contributed by atoms with E-state index in [1.807, 2.05) is 0 Å². The van der Waals surface area contributed by atoms with Crippen LogP contribution in [-0.4, -0.2) is 22.5 Å². The van der Waals surface area contributed by atoms with E-state index in [2.05, 4.69) is 9.59 Å². The number of benzene rings is 1. The highest BCUT2D eigenvalue weighted by Crippen LogP contribution is 2.13. The van der Waals surface area contributed by atoms with E-state index in [0.717, 1.165) is 0 Å². The van der Waals surface area contributed by atoms with Gasteiger partial charge in [0.15, 0.2) is 5.78 Å². The summed E-state index contributed by atoms with van der Waals surface area (Å²) in [6.07, 6.45) is 3.12. The molecule has 0 unspecified atom stereocenters. The predicted molar refractivity (Wildman–Crippen MR) is 66.3 cm³/mol. The largest absolute Gasteiger partial charge is 0.497 e. The molecule has 2 rings (SSSR count). The summed E-state index contributed by atoms with van der Waals surface area (Å²) < 4.78 is 8.77. The summed E-state index contributed by atoms with van der Waals surface area (Å²) in [6, 6.07) is 7.02. The molecule has 0 bridgehead atoms. The van der Waals surface area contributed by atoms with Crippen LogP contribution < -0.4 is 4.74 Å². The molecule has 0 spiro atoms. The van der Waals surface area contributed by atoms with Gasteiger partial charge in [-0.15, -0.1) is 5.10 Å². The summed E-state index contributed by atoms with van der Waals surface area (Å²) in [5.41, 5.74) is 1.27. The Morgan fingerprint density at radius 2 is 2.35 bits per heavy atom. The lowest BCUT2D eigenvalue weighted by atomic mass is 10.1. The van der Waals surface area contributed by atoms with Crippen molar-refractivity contribution in [3.8, 4) is 5.75 Å². The molecular weight excluding hydrogens is 236 g/mol. The van der Waals surface area contributed by atoms with Crippen LogP contribution in [0.25, 0.3) is 6.08 Å². The van der Waals surface area contributed by atoms with Crippen molar-refractivity contribution in [3.05, 3.63) is 47.0 Å². The van der Waals surface area contributed by atoms with Gasteiger partial charge in [-0.25, -0.2) is 0 Å². The number of ether oxygens (including phenoxy) is 1. The molecule has 0 saturated heterocycles. The zero-order valence-electron chi connectivity index (χ0n) is 9.16. The second-order valence-corrected chi connectivity index (χ2v) is 3.87. The summed E-state index contributed by atoms with van der Waals surface area (Å²) in [4.78, 5) is 11.8. The third-order valence-electron chi connectivity index (χ3n) is 2.14. The van der Waals surface area contributed by atoms with Crippen LogP contribution in [0.3, 0.4) is 0 Å². The van der Waals surface area contributed by atoms with E-state index in [1.165, 1.54) is 17.6 Å². The highest BCUT2D eigenvalue weighted by Gasteiger charge is 2.03. The second kappa shape index (κ2) is 5.36. The van der Waals surface area contributed by atoms with E-state index in [1.54, 1.807) is 42.8 Å². The second-order valence-electron chi connectivity index (χ2n) is 3.26. The van der Waals surface area contributed by atoms with Crippen LogP contribution in [0.15, 0.2) is 35.7 Å². The average molecular weight is 246 g/mol. The number of nitrogens with zero attached hydrogens (tertiary/aromatic N) is 2. The van der Waals surface area contributed by atoms with Crippen molar-refractivity contribution in [2.24, 2.45) is 0 Å². The van der Waals surface area contributed by atoms with Crippen LogP contribution in [-0.2, 0) is 0 Å². The topological polar surface area (TPSA) is 52.1 Å². The average Bonchev–Trinajstić information content (AvgIpc) is 2.89. The van der Waals surface area contributed by atoms with Crippen molar-refractivity contribution < 1.29 is 9.53 Å². The van der Waals surface area contributed by atoms with Crippen LogP contribution in [0.4, 0.5) is 0 Å². The van der Waals surface area contributed by atoms with Crippen LogP contribution in [0.1, 0.15) is 16.1 Å². The first-order chi connectivity index (χ1) is 8.29. The molecule has 0 aliphatic heterocycles. The number of rotatable bonds is 4. The zero-order valence-corrected chi connectivity index (χ0v) is 9.98. The quantitative estimate of drug-likeness (QED) is 0.614. The summed E-state index contributed by atoms with van der Waals surface area (Å²) in [5, 5.41) is 5.59. The van der Waals surface area contributed by atoms with Crippen LogP contribution in [0.5, 0.6) is 5.75 Å². The maximum absolute atomic E-state index is 11.8. The number of carbonyl (C=O) groups is 1. The maximum Gasteiger partial charge on any atom is 0.186 e. The highest BCUT2D eigenvalue weighted by molar-refractivity contribution is 7.03. The molecule has 0 fully saturated rings. The van der Waals surface area contributed by atoms with Crippen molar-refractivity contribution in [3.63, 3.8) is 0 Å². The van der Waals surface area contributed by atoms with Crippen molar-refractivity contribution in [2.45, 2.75) is 0 Å². The summed E-state index contributed by atoms with van der Waals surface area (Å²) in [7, 11) is 1.57. The van der Waals surface area contributed by atoms with E-state index in [9.17, 15) is 4.79 Å². The van der Waals surface area contributed by atoms with Crippen LogP contribution in [0.2, 0.25) is 0 Å². The Morgan fingerprint density at radius 3 is 3.06 bits per heavy atom. The van der Waals surface area contributed by atoms with Crippen molar-refractivity contribution >= 4 is 23.4 Å². The van der Waals surface area contributed by atoms with Gasteiger partial charge in [-0.05, 0) is 35.8 Å². The first kappa shape index (κ1) is 11.5. The van der Waals surface area contributed by atoms with Crippen molar-refractivity contribution in [1.82, 2.24) is 9.59 Å². The lowest BCUT2D eigenvalue weighted by molar-refractivity contribution is 0.104. The molecular formula is C12H10N2O2S. The molecule has 0 saturated carbocycles. The first-order valence-electron chi connectivity index (χ1n) is 4.93. The molecule has 0 aliphatic rings. The van der Waals surface area contributed by atoms with Gasteiger partial charge in [0.05, 0.1) is 12.8 Å². The van der Waals surface area contributed by atoms with Gasteiger partial charge in [0.1, 0.15) is 5.75 Å². The number of carbonyl (C=O) groups excluding carboxylic acids is 1. The summed E-state index contributed by atoms with van der Waals surface area (Å²) >= 11 is 1.25. The van der Waals surface area contributed by atoms with Gasteiger partial charge in [0, 0.05) is 10.9 Å². The summed E-state index contributed by atoms with van der Waals surface area (Å²) in [5.74, 6) is 0.580. The predicted octanol–water partition coefficient (Wildman–Crippen LogP) is 2.44. The number of hydrogen-bond acceptors (Lipinski definition) is 5. The fourth-order valence-corrected chi connectivity index (χ4v) is 1.70. The standard InChI is InChI=1S/C12H10N2O2S/c1-16-11-4-2-3-9(7-11)12(15)6-5-10-8-17-14-13-10/h2-8H,1H3/b6-5+. The van der Waals surface area contributed by atoms with E-state index in [0.29, 0.717) is 17.0 Å². The molecule has 0 aliphatic carbocycles. The van der Waals surface area contributed by atoms with E-state index >= 15 is 0 Å². The van der Waals surface area contributed by atoms with Gasteiger partial charge in [-0.3, -0.25) is 4.79 Å². The number of allylic oxidation sites excluding steroid dienone is 1. The molecule has 1 aromatic heterocycles. The molecule has 0 N–H and O–H groups in total. The molecule has 0 atom stereocenters. The third kappa shape index (κ3) is 2.98. The smallest absolute Gasteiger partial charge is 0.186 e. The molecule has 5 heteroatoms. The monoisotopic (exact) mass is 246 g/mol. The third-order valence-corrected chi connectivity index (χ3v) is 2.66. The van der Waals surface area contributed by atoms with Gasteiger partial charge in [-0.1, -0.05) is 16.6 Å². The Labute approximate surface area is 103 Å². The van der Waals surface area contributed by atoms with Crippen LogP contribution in [0, 0.1) is 0 Å². The Bertz CT molecular complexity index is 535. The Hall–Kier alpha value is -2.01. The minimum atomic E-state index is -0.0862. The Kier molecular flexibility index (Phi) is 3.62. The van der Waals surface area contributed by atoms with Gasteiger partial charge >= 0.3 is 0 Å². The fourth-order valence-electron chi connectivity index (χ4n) is 1.28. The summed E-state index contributed by atoms with van der Waals surface area (Å²) in [6.45, 7) is 0. The zero-order chi connectivity index (χ0) is 12.1. The number of aromatic nitrogens is 2. The van der Waals surface area contributed by atoms with Crippen molar-refractivity contribution in [2.75, 3.05) is 7.11 Å². The first-order valence-corrected chi connectivity index (χ1v) is 5.77. The van der Waals surface area contributed by atoms with Crippen molar-refractivity contribution in [1.29, 1.82) is 0 Å². The fraction of sp³-hybridized carbons (Fsp3) is 0.0833. The minimum Gasteiger partial charge on any atom is -0.497 e. The minimum absolute atomic E-state index is 0.0862. The van der Waals surface area contributed by atoms with E-state index in [-0.39, 0.29) is 5.78 Å². The van der Waals surface area contributed by atoms with Gasteiger partial charge in [-0.2, -0.15) is 0 Å². The number of ketones is 1. The Morgan fingerprint density at radius 1 is 1.47 bits per heavy atom. The highest BCUT2D eigenvalue weighted by atomic mass is 32.1. The lowest BCUT2D eigenvalue weighted by Crippen LogP contribution is -1.94. The lowest BCUT2D eigenvalue weighted by Gasteiger charge is -2.00. The maximum atomic E-state index is 11.8. The van der Waals surface area contributed by atoms with E-state index in [4.69, 9.17) is 4.74 Å². The molecule has 86 valence electrons. The van der Waals surface area contributed by atoms with Crippen LogP contribution >= 0.6 is 11.5 Å². The number of hydrogen-bond donors (Lipinski definition) is 0.